The number of nitrogens with zero attached hydrogens (tertiary/aromatic N) is 4. The van der Waals surface area contributed by atoms with E-state index in [1.165, 1.54) is 6.07 Å². The molecular weight excluding hydrogens is 579 g/mol. The average Bonchev–Trinajstić information content (AvgIpc) is 3.61. The molecule has 2 saturated heterocycles. The molecule has 2 aliphatic heterocycles. The first-order valence-electron chi connectivity index (χ1n) is 13.2. The Bertz CT molecular complexity index is 1590. The van der Waals surface area contributed by atoms with Gasteiger partial charge in [0.2, 0.25) is 16.9 Å². The molecule has 0 bridgehead atoms. The zero-order valence-electron chi connectivity index (χ0n) is 22.7. The van der Waals surface area contributed by atoms with Crippen LogP contribution in [-0.4, -0.2) is 72.2 Å². The molecule has 1 aromatic carbocycles. The van der Waals surface area contributed by atoms with Crippen LogP contribution >= 0.6 is 0 Å². The van der Waals surface area contributed by atoms with Gasteiger partial charge in [0, 0.05) is 43.3 Å². The van der Waals surface area contributed by atoms with Gasteiger partial charge < -0.3 is 9.73 Å². The van der Waals surface area contributed by atoms with E-state index in [9.17, 15) is 36.0 Å². The Morgan fingerprint density at radius 3 is 2.55 bits per heavy atom. The van der Waals surface area contributed by atoms with Gasteiger partial charge in [-0.25, -0.2) is 18.2 Å². The number of furan rings is 1. The van der Waals surface area contributed by atoms with Crippen molar-refractivity contribution in [3.05, 3.63) is 54.2 Å². The number of aromatic nitrogens is 1. The molecule has 2 aromatic heterocycles. The molecule has 0 saturated carbocycles. The normalized spacial score (nSPS) is 20.6. The number of alkyl halides is 3. The zero-order valence-corrected chi connectivity index (χ0v) is 23.5. The number of anilines is 1. The first kappa shape index (κ1) is 29.5. The molecule has 1 unspecified atom stereocenters. The van der Waals surface area contributed by atoms with Crippen molar-refractivity contribution in [2.24, 2.45) is 5.92 Å². The van der Waals surface area contributed by atoms with Crippen LogP contribution in [0.25, 0.3) is 11.0 Å². The Kier molecular flexibility index (Phi) is 7.74. The highest BCUT2D eigenvalue weighted by atomic mass is 32.2. The number of imide groups is 1. The van der Waals surface area contributed by atoms with Gasteiger partial charge in [0.15, 0.2) is 0 Å². The van der Waals surface area contributed by atoms with Crippen molar-refractivity contribution in [2.45, 2.75) is 50.0 Å². The number of sulfonamides is 1. The molecule has 15 heteroatoms. The molecule has 2 fully saturated rings. The van der Waals surface area contributed by atoms with E-state index in [1.807, 2.05) is 0 Å². The summed E-state index contributed by atoms with van der Waals surface area (Å²) < 4.78 is 72.4. The maximum absolute atomic E-state index is 13.4. The second-order valence-corrected chi connectivity index (χ2v) is 12.2. The first-order valence-corrected chi connectivity index (χ1v) is 14.7. The Labute approximate surface area is 239 Å². The van der Waals surface area contributed by atoms with E-state index in [-0.39, 0.29) is 37.0 Å². The Morgan fingerprint density at radius 2 is 1.90 bits per heavy atom. The Morgan fingerprint density at radius 1 is 1.17 bits per heavy atom. The Hall–Kier alpha value is -3.98. The maximum atomic E-state index is 13.4. The third kappa shape index (κ3) is 5.45. The minimum absolute atomic E-state index is 0.0821. The van der Waals surface area contributed by atoms with Gasteiger partial charge in [-0.2, -0.15) is 17.5 Å². The van der Waals surface area contributed by atoms with E-state index >= 15 is 0 Å². The van der Waals surface area contributed by atoms with E-state index in [4.69, 9.17) is 4.42 Å². The third-order valence-corrected chi connectivity index (χ3v) is 9.05. The van der Waals surface area contributed by atoms with E-state index in [1.54, 1.807) is 38.1 Å². The molecule has 224 valence electrons. The lowest BCUT2D eigenvalue weighted by Crippen LogP contribution is -2.61. The number of urea groups is 1. The van der Waals surface area contributed by atoms with E-state index in [0.717, 1.165) is 26.2 Å². The predicted octanol–water partition coefficient (Wildman–Crippen LogP) is 3.61. The standard InChI is InChI=1S/C27H28F3N5O6S/c1-16(2)35-25(37)18(15-33(26(35)38)22-10-9-19(14-31-22)27(28,29)30)13-32-24(36)20-7-5-11-34(20)42(39,40)23-12-17-6-3-4-8-21(17)41-23/h3-4,6,8-10,12,14,16,18,20H,5,7,11,13,15H2,1-2H3,(H,32,36)/t18?,20-/m0/s1. The van der Waals surface area contributed by atoms with Crippen molar-refractivity contribution in [3.63, 3.8) is 0 Å². The summed E-state index contributed by atoms with van der Waals surface area (Å²) in [4.78, 5) is 45.4. The average molecular weight is 608 g/mol. The summed E-state index contributed by atoms with van der Waals surface area (Å²) in [7, 11) is -4.15. The molecule has 1 N–H and O–H groups in total. The summed E-state index contributed by atoms with van der Waals surface area (Å²) in [5.41, 5.74) is -0.599. The lowest BCUT2D eigenvalue weighted by molar-refractivity contribution is -0.138. The fourth-order valence-corrected chi connectivity index (χ4v) is 6.77. The lowest BCUT2D eigenvalue weighted by atomic mass is 10.0. The minimum atomic E-state index is -4.61. The van der Waals surface area contributed by atoms with Crippen molar-refractivity contribution in [3.8, 4) is 0 Å². The van der Waals surface area contributed by atoms with Crippen LogP contribution in [0, 0.1) is 5.92 Å². The minimum Gasteiger partial charge on any atom is -0.443 e. The molecule has 11 nitrogen and oxygen atoms in total. The van der Waals surface area contributed by atoms with Crippen LogP contribution in [0.1, 0.15) is 32.3 Å². The number of para-hydroxylation sites is 1. The third-order valence-electron chi connectivity index (χ3n) is 7.29. The van der Waals surface area contributed by atoms with Crippen LogP contribution in [0.2, 0.25) is 0 Å². The van der Waals surface area contributed by atoms with Crippen molar-refractivity contribution >= 4 is 44.7 Å². The summed E-state index contributed by atoms with van der Waals surface area (Å²) in [5.74, 6) is -2.23. The van der Waals surface area contributed by atoms with Crippen molar-refractivity contribution in [1.29, 1.82) is 0 Å². The SMILES string of the molecule is CC(C)N1C(=O)C(CNC(=O)[C@@H]2CCCN2S(=O)(=O)c2cc3ccccc3o2)CN(c2ccc(C(F)(F)F)cn2)C1=O. The number of hydrogen-bond acceptors (Lipinski definition) is 7. The molecule has 4 heterocycles. The second-order valence-electron chi connectivity index (χ2n) is 10.4. The topological polar surface area (TPSA) is 133 Å². The molecule has 5 rings (SSSR count). The Balaban J connectivity index is 1.32. The number of carbonyl (C=O) groups excluding carboxylic acids is 3. The number of rotatable bonds is 7. The van der Waals surface area contributed by atoms with Crippen LogP contribution in [0.15, 0.2) is 58.2 Å². The van der Waals surface area contributed by atoms with Crippen LogP contribution < -0.4 is 10.2 Å². The van der Waals surface area contributed by atoms with Gasteiger partial charge in [-0.1, -0.05) is 18.2 Å². The van der Waals surface area contributed by atoms with E-state index < -0.39 is 57.6 Å². The number of amides is 4. The zero-order chi connectivity index (χ0) is 30.4. The first-order chi connectivity index (χ1) is 19.8. The molecule has 0 spiro atoms. The fraction of sp³-hybridized carbons (Fsp3) is 0.407. The number of fused-ring (bicyclic) bond motifs is 1. The van der Waals surface area contributed by atoms with Crippen LogP contribution in [0.3, 0.4) is 0 Å². The predicted molar refractivity (Wildman–Crippen MR) is 144 cm³/mol. The van der Waals surface area contributed by atoms with Crippen molar-refractivity contribution in [2.75, 3.05) is 24.5 Å². The lowest BCUT2D eigenvalue weighted by Gasteiger charge is -2.40. The molecular formula is C27H28F3N5O6S. The number of hydrogen-bond donors (Lipinski definition) is 1. The highest BCUT2D eigenvalue weighted by Gasteiger charge is 2.44. The van der Waals surface area contributed by atoms with Gasteiger partial charge in [-0.3, -0.25) is 19.4 Å². The summed E-state index contributed by atoms with van der Waals surface area (Å²) in [6.07, 6.45) is -3.33. The van der Waals surface area contributed by atoms with Gasteiger partial charge in [0.1, 0.15) is 17.4 Å². The van der Waals surface area contributed by atoms with Gasteiger partial charge in [-0.05, 0) is 44.9 Å². The highest BCUT2D eigenvalue weighted by molar-refractivity contribution is 7.89. The number of benzene rings is 1. The number of pyridine rings is 1. The summed E-state index contributed by atoms with van der Waals surface area (Å²) in [6.45, 7) is 2.83. The monoisotopic (exact) mass is 607 g/mol. The van der Waals surface area contributed by atoms with Crippen LogP contribution in [0.4, 0.5) is 23.8 Å². The van der Waals surface area contributed by atoms with Gasteiger partial charge >= 0.3 is 12.2 Å². The summed E-state index contributed by atoms with van der Waals surface area (Å²) >= 11 is 0. The molecule has 4 amide bonds. The molecule has 2 atom stereocenters. The highest BCUT2D eigenvalue weighted by Crippen LogP contribution is 2.32. The van der Waals surface area contributed by atoms with E-state index in [0.29, 0.717) is 23.6 Å². The van der Waals surface area contributed by atoms with Gasteiger partial charge in [0.25, 0.3) is 10.0 Å². The quantitative estimate of drug-likeness (QED) is 0.434. The van der Waals surface area contributed by atoms with Crippen molar-refractivity contribution in [1.82, 2.24) is 19.5 Å². The maximum Gasteiger partial charge on any atom is 0.417 e. The van der Waals surface area contributed by atoms with Gasteiger partial charge in [-0.15, -0.1) is 0 Å². The number of halogens is 3. The summed E-state index contributed by atoms with van der Waals surface area (Å²) in [6, 6.07) is 7.67. The van der Waals surface area contributed by atoms with E-state index in [2.05, 4.69) is 10.3 Å². The molecule has 3 aromatic rings. The number of nitrogens with one attached hydrogen (secondary N) is 1. The van der Waals surface area contributed by atoms with Crippen LogP contribution in [-0.2, 0) is 25.8 Å². The fourth-order valence-electron chi connectivity index (χ4n) is 5.16. The van der Waals surface area contributed by atoms with Crippen molar-refractivity contribution < 1.29 is 40.4 Å². The molecule has 2 aliphatic rings. The number of carbonyl (C=O) groups is 3. The smallest absolute Gasteiger partial charge is 0.417 e. The largest absolute Gasteiger partial charge is 0.443 e. The second kappa shape index (κ2) is 11.0. The van der Waals surface area contributed by atoms with Gasteiger partial charge in [0.05, 0.1) is 11.5 Å². The molecule has 0 radical (unpaired) electrons. The summed E-state index contributed by atoms with van der Waals surface area (Å²) in [5, 5.41) is 2.97. The molecule has 0 aliphatic carbocycles. The molecule has 42 heavy (non-hydrogen) atoms. The van der Waals surface area contributed by atoms with Crippen LogP contribution in [0.5, 0.6) is 0 Å².